The van der Waals surface area contributed by atoms with Gasteiger partial charge in [0.25, 0.3) is 5.91 Å². The van der Waals surface area contributed by atoms with E-state index in [1.807, 2.05) is 0 Å². The van der Waals surface area contributed by atoms with Crippen LogP contribution in [0.3, 0.4) is 0 Å². The molecule has 0 aromatic heterocycles. The van der Waals surface area contributed by atoms with Crippen molar-refractivity contribution in [2.45, 2.75) is 19.0 Å². The molecule has 1 heterocycles. The number of hydrogen-bond donors (Lipinski definition) is 1. The maximum atomic E-state index is 13.3. The van der Waals surface area contributed by atoms with Crippen LogP contribution in [0.5, 0.6) is 0 Å². The fourth-order valence-corrected chi connectivity index (χ4v) is 3.66. The molecule has 0 spiro atoms. The van der Waals surface area contributed by atoms with Gasteiger partial charge in [-0.2, -0.15) is 0 Å². The summed E-state index contributed by atoms with van der Waals surface area (Å²) < 4.78 is 13.3. The third-order valence-electron chi connectivity index (χ3n) is 5.11. The summed E-state index contributed by atoms with van der Waals surface area (Å²) in [4.78, 5) is 41.5. The molecule has 1 fully saturated rings. The van der Waals surface area contributed by atoms with Crippen molar-refractivity contribution in [3.05, 3.63) is 95.3 Å². The van der Waals surface area contributed by atoms with Gasteiger partial charge in [0.2, 0.25) is 5.91 Å². The molecule has 1 atom stereocenters. The molecule has 3 aromatic rings. The number of anilines is 2. The van der Waals surface area contributed by atoms with Gasteiger partial charge in [-0.1, -0.05) is 41.9 Å². The molecular weight excluding hydrogens is 433 g/mol. The van der Waals surface area contributed by atoms with Crippen molar-refractivity contribution >= 4 is 40.8 Å². The number of halogens is 2. The Labute approximate surface area is 189 Å². The molecule has 0 bridgehead atoms. The van der Waals surface area contributed by atoms with Crippen LogP contribution < -0.4 is 10.2 Å². The van der Waals surface area contributed by atoms with Crippen molar-refractivity contribution in [2.75, 3.05) is 10.2 Å². The first-order valence-corrected chi connectivity index (χ1v) is 10.3. The number of carbonyl (C=O) groups excluding carboxylic acids is 3. The maximum Gasteiger partial charge on any atom is 0.332 e. The van der Waals surface area contributed by atoms with Crippen LogP contribution in [0.15, 0.2) is 78.9 Å². The van der Waals surface area contributed by atoms with E-state index in [9.17, 15) is 18.8 Å². The van der Waals surface area contributed by atoms with E-state index in [-0.39, 0.29) is 13.0 Å². The maximum absolute atomic E-state index is 13.3. The predicted molar refractivity (Wildman–Crippen MR) is 120 cm³/mol. The number of benzene rings is 3. The molecule has 162 valence electrons. The molecule has 1 N–H and O–H groups in total. The lowest BCUT2D eigenvalue weighted by Gasteiger charge is -2.21. The number of urea groups is 1. The smallest absolute Gasteiger partial charge is 0.326 e. The summed E-state index contributed by atoms with van der Waals surface area (Å²) in [5, 5.41) is 3.25. The van der Waals surface area contributed by atoms with Gasteiger partial charge >= 0.3 is 6.03 Å². The van der Waals surface area contributed by atoms with Crippen molar-refractivity contribution in [3.8, 4) is 0 Å². The number of rotatable bonds is 6. The average Bonchev–Trinajstić information content (AvgIpc) is 3.01. The molecular formula is C24H19ClFN3O3. The van der Waals surface area contributed by atoms with Crippen LogP contribution in [0, 0.1) is 5.82 Å². The van der Waals surface area contributed by atoms with E-state index >= 15 is 0 Å². The summed E-state index contributed by atoms with van der Waals surface area (Å²) >= 11 is 5.87. The van der Waals surface area contributed by atoms with Crippen LogP contribution in [0.1, 0.15) is 12.0 Å². The molecule has 3 aromatic carbocycles. The summed E-state index contributed by atoms with van der Waals surface area (Å²) in [6.07, 6.45) is -0.224. The molecule has 0 unspecified atom stereocenters. The Morgan fingerprint density at radius 3 is 2.25 bits per heavy atom. The topological polar surface area (TPSA) is 69.7 Å². The number of imide groups is 1. The molecule has 4 amide bonds. The molecule has 4 rings (SSSR count). The predicted octanol–water partition coefficient (Wildman–Crippen LogP) is 4.85. The number of para-hydroxylation sites is 1. The third kappa shape index (κ3) is 4.63. The van der Waals surface area contributed by atoms with Crippen molar-refractivity contribution in [3.63, 3.8) is 0 Å². The molecule has 1 aliphatic rings. The van der Waals surface area contributed by atoms with Crippen LogP contribution in [0.2, 0.25) is 5.02 Å². The number of nitrogens with zero attached hydrogens (tertiary/aromatic N) is 2. The average molecular weight is 452 g/mol. The summed E-state index contributed by atoms with van der Waals surface area (Å²) in [6.45, 7) is 0.0626. The highest BCUT2D eigenvalue weighted by atomic mass is 35.5. The van der Waals surface area contributed by atoms with Gasteiger partial charge in [0.1, 0.15) is 11.9 Å². The van der Waals surface area contributed by atoms with E-state index in [2.05, 4.69) is 5.32 Å². The highest BCUT2D eigenvalue weighted by molar-refractivity contribution is 6.30. The lowest BCUT2D eigenvalue weighted by atomic mass is 10.1. The molecule has 1 saturated heterocycles. The Kier molecular flexibility index (Phi) is 6.18. The van der Waals surface area contributed by atoms with Gasteiger partial charge in [0, 0.05) is 17.3 Å². The van der Waals surface area contributed by atoms with Crippen molar-refractivity contribution < 1.29 is 18.8 Å². The summed E-state index contributed by atoms with van der Waals surface area (Å²) in [5.41, 5.74) is 1.60. The fourth-order valence-electron chi connectivity index (χ4n) is 3.54. The van der Waals surface area contributed by atoms with Gasteiger partial charge in [-0.05, 0) is 54.1 Å². The van der Waals surface area contributed by atoms with Gasteiger partial charge in [0.15, 0.2) is 0 Å². The summed E-state index contributed by atoms with van der Waals surface area (Å²) in [7, 11) is 0. The third-order valence-corrected chi connectivity index (χ3v) is 5.36. The Morgan fingerprint density at radius 2 is 1.59 bits per heavy atom. The zero-order valence-electron chi connectivity index (χ0n) is 16.9. The second kappa shape index (κ2) is 9.20. The van der Waals surface area contributed by atoms with Gasteiger partial charge in [-0.15, -0.1) is 0 Å². The Morgan fingerprint density at radius 1 is 0.938 bits per heavy atom. The highest BCUT2D eigenvalue weighted by Gasteiger charge is 2.46. The monoisotopic (exact) mass is 451 g/mol. The van der Waals surface area contributed by atoms with Crippen LogP contribution >= 0.6 is 11.6 Å². The van der Waals surface area contributed by atoms with Crippen molar-refractivity contribution in [1.29, 1.82) is 0 Å². The van der Waals surface area contributed by atoms with E-state index < -0.39 is 29.7 Å². The van der Waals surface area contributed by atoms with E-state index in [1.54, 1.807) is 66.7 Å². The van der Waals surface area contributed by atoms with Crippen LogP contribution in [-0.2, 0) is 16.1 Å². The van der Waals surface area contributed by atoms with E-state index in [0.29, 0.717) is 22.0 Å². The van der Waals surface area contributed by atoms with Crippen molar-refractivity contribution in [2.24, 2.45) is 0 Å². The first-order chi connectivity index (χ1) is 15.4. The Bertz CT molecular complexity index is 1140. The van der Waals surface area contributed by atoms with Crippen molar-refractivity contribution in [1.82, 2.24) is 4.90 Å². The molecule has 1 aliphatic heterocycles. The second-order valence-corrected chi connectivity index (χ2v) is 7.76. The number of nitrogens with one attached hydrogen (secondary N) is 1. The molecule has 6 nitrogen and oxygen atoms in total. The van der Waals surface area contributed by atoms with Crippen LogP contribution in [-0.4, -0.2) is 28.8 Å². The quantitative estimate of drug-likeness (QED) is 0.545. The lowest BCUT2D eigenvalue weighted by Crippen LogP contribution is -2.37. The summed E-state index contributed by atoms with van der Waals surface area (Å²) in [5.74, 6) is -1.31. The molecule has 0 aliphatic carbocycles. The zero-order chi connectivity index (χ0) is 22.7. The minimum atomic E-state index is -1.000. The SMILES string of the molecule is O=C(C[C@@H]1C(=O)N(c2ccccc2)C(=O)N1Cc1ccc(F)cc1)Nc1ccc(Cl)cc1. The normalized spacial score (nSPS) is 15.9. The zero-order valence-corrected chi connectivity index (χ0v) is 17.6. The van der Waals surface area contributed by atoms with E-state index in [0.717, 1.165) is 4.90 Å². The second-order valence-electron chi connectivity index (χ2n) is 7.32. The van der Waals surface area contributed by atoms with E-state index in [1.165, 1.54) is 17.0 Å². The highest BCUT2D eigenvalue weighted by Crippen LogP contribution is 2.28. The van der Waals surface area contributed by atoms with Gasteiger partial charge in [-0.3, -0.25) is 9.59 Å². The molecule has 32 heavy (non-hydrogen) atoms. The van der Waals surface area contributed by atoms with Crippen LogP contribution in [0.25, 0.3) is 0 Å². The summed E-state index contributed by atoms with van der Waals surface area (Å²) in [6, 6.07) is 19.2. The minimum absolute atomic E-state index is 0.0626. The van der Waals surface area contributed by atoms with Gasteiger partial charge in [-0.25, -0.2) is 14.1 Å². The van der Waals surface area contributed by atoms with E-state index in [4.69, 9.17) is 11.6 Å². The number of amides is 4. The molecule has 8 heteroatoms. The number of carbonyl (C=O) groups is 3. The number of hydrogen-bond acceptors (Lipinski definition) is 3. The minimum Gasteiger partial charge on any atom is -0.326 e. The fraction of sp³-hybridized carbons (Fsp3) is 0.125. The standard InChI is InChI=1S/C24H19ClFN3O3/c25-17-8-12-19(13-9-17)27-22(30)14-21-23(31)29(20-4-2-1-3-5-20)24(32)28(21)15-16-6-10-18(26)11-7-16/h1-13,21H,14-15H2,(H,27,30)/t21-/m1/s1. The molecule has 0 radical (unpaired) electrons. The Balaban J connectivity index is 1.58. The molecule has 0 saturated carbocycles. The first-order valence-electron chi connectivity index (χ1n) is 9.92. The first kappa shape index (κ1) is 21.5. The van der Waals surface area contributed by atoms with Crippen LogP contribution in [0.4, 0.5) is 20.6 Å². The van der Waals surface area contributed by atoms with Gasteiger partial charge in [0.05, 0.1) is 12.1 Å². The largest absolute Gasteiger partial charge is 0.332 e. The lowest BCUT2D eigenvalue weighted by molar-refractivity contribution is -0.124. The Hall–Kier alpha value is -3.71. The van der Waals surface area contributed by atoms with Gasteiger partial charge < -0.3 is 10.2 Å².